The number of carbonyl (C=O) groups is 2. The zero-order valence-corrected chi connectivity index (χ0v) is 7.75. The number of esters is 1. The summed E-state index contributed by atoms with van der Waals surface area (Å²) in [7, 11) is 0. The van der Waals surface area contributed by atoms with Gasteiger partial charge in [0.25, 0.3) is 0 Å². The first-order valence-corrected chi connectivity index (χ1v) is 2.52. The summed E-state index contributed by atoms with van der Waals surface area (Å²) in [6, 6.07) is 0. The number of hydrogen-bond donors (Lipinski definition) is 0. The van der Waals surface area contributed by atoms with Crippen LogP contribution in [-0.4, -0.2) is 18.7 Å². The van der Waals surface area contributed by atoms with Gasteiger partial charge in [0.05, 0.1) is 6.61 Å². The molecule has 0 heterocycles. The van der Waals surface area contributed by atoms with Crippen LogP contribution in [0.15, 0.2) is 0 Å². The molecule has 0 aromatic carbocycles. The van der Waals surface area contributed by atoms with Crippen molar-refractivity contribution >= 4 is 12.1 Å². The minimum absolute atomic E-state index is 0. The molecule has 0 saturated heterocycles. The molecule has 0 unspecified atom stereocenters. The molecule has 12 heavy (non-hydrogen) atoms. The van der Waals surface area contributed by atoms with Gasteiger partial charge in [-0.05, 0) is 13.1 Å². The molecule has 0 amide bonds. The molecular formula is C5H8Li2O5. The van der Waals surface area contributed by atoms with Gasteiger partial charge in [-0.3, -0.25) is 4.79 Å². The second-order valence-corrected chi connectivity index (χ2v) is 1.17. The largest absolute Gasteiger partial charge is 1.00 e. The van der Waals surface area contributed by atoms with Crippen LogP contribution in [-0.2, 0) is 9.53 Å². The Morgan fingerprint density at radius 2 is 1.50 bits per heavy atom. The SMILES string of the molecule is CCOC(C)=O.O=C([O-])[O-].[Li+].[Li+]. The summed E-state index contributed by atoms with van der Waals surface area (Å²) in [5.41, 5.74) is 0. The fourth-order valence-electron chi connectivity index (χ4n) is 0.203. The van der Waals surface area contributed by atoms with E-state index in [4.69, 9.17) is 15.0 Å². The van der Waals surface area contributed by atoms with Gasteiger partial charge in [0.1, 0.15) is 0 Å². The number of rotatable bonds is 1. The zero-order chi connectivity index (χ0) is 8.57. The monoisotopic (exact) mass is 162 g/mol. The van der Waals surface area contributed by atoms with Gasteiger partial charge in [0, 0.05) is 6.92 Å². The standard InChI is InChI=1S/C4H8O2.CH2O3.2Li/c1-3-6-4(2)5;2-1(3)4;;/h3H2,1-2H3;(H2,2,3,4);;/q;;2*+1/p-2. The van der Waals surface area contributed by atoms with Crippen molar-refractivity contribution in [1.82, 2.24) is 0 Å². The van der Waals surface area contributed by atoms with Gasteiger partial charge in [-0.2, -0.15) is 0 Å². The van der Waals surface area contributed by atoms with E-state index < -0.39 is 6.16 Å². The summed E-state index contributed by atoms with van der Waals surface area (Å²) in [6.07, 6.45) is -2.33. The van der Waals surface area contributed by atoms with Crippen LogP contribution in [0.1, 0.15) is 13.8 Å². The second-order valence-electron chi connectivity index (χ2n) is 1.17. The molecule has 0 atom stereocenters. The van der Waals surface area contributed by atoms with Crippen LogP contribution in [0.3, 0.4) is 0 Å². The van der Waals surface area contributed by atoms with Crippen LogP contribution in [0.4, 0.5) is 4.79 Å². The molecule has 0 rings (SSSR count). The van der Waals surface area contributed by atoms with Gasteiger partial charge in [-0.1, -0.05) is 0 Å². The summed E-state index contributed by atoms with van der Waals surface area (Å²) in [5, 5.41) is 16.7. The maximum Gasteiger partial charge on any atom is 1.00 e. The van der Waals surface area contributed by atoms with Crippen molar-refractivity contribution < 1.29 is 62.3 Å². The molecule has 0 radical (unpaired) electrons. The van der Waals surface area contributed by atoms with Gasteiger partial charge in [-0.25, -0.2) is 0 Å². The van der Waals surface area contributed by atoms with Gasteiger partial charge < -0.3 is 19.7 Å². The average Bonchev–Trinajstić information content (AvgIpc) is 1.62. The van der Waals surface area contributed by atoms with E-state index in [9.17, 15) is 4.79 Å². The molecule has 0 aromatic rings. The van der Waals surface area contributed by atoms with Crippen molar-refractivity contribution in [1.29, 1.82) is 0 Å². The summed E-state index contributed by atoms with van der Waals surface area (Å²) in [4.78, 5) is 18.2. The Hall–Kier alpha value is -0.0652. The van der Waals surface area contributed by atoms with E-state index in [-0.39, 0.29) is 43.7 Å². The molecular weight excluding hydrogens is 154 g/mol. The molecule has 0 fully saturated rings. The fourth-order valence-corrected chi connectivity index (χ4v) is 0.203. The Balaban J connectivity index is -0.0000000483. The van der Waals surface area contributed by atoms with E-state index in [1.165, 1.54) is 6.92 Å². The Kier molecular flexibility index (Phi) is 32.4. The minimum atomic E-state index is -2.33. The van der Waals surface area contributed by atoms with Crippen molar-refractivity contribution in [3.63, 3.8) is 0 Å². The normalized spacial score (nSPS) is 5.83. The first kappa shape index (κ1) is 22.7. The number of hydrogen-bond acceptors (Lipinski definition) is 5. The molecule has 0 aliphatic rings. The second kappa shape index (κ2) is 17.1. The Morgan fingerprint density at radius 1 is 1.25 bits per heavy atom. The molecule has 0 aliphatic heterocycles. The maximum absolute atomic E-state index is 9.82. The van der Waals surface area contributed by atoms with Gasteiger partial charge in [0.2, 0.25) is 0 Å². The molecule has 0 aliphatic carbocycles. The molecule has 5 nitrogen and oxygen atoms in total. The third-order valence-corrected chi connectivity index (χ3v) is 0.348. The molecule has 0 aromatic heterocycles. The molecule has 0 spiro atoms. The smallest absolute Gasteiger partial charge is 0.652 e. The van der Waals surface area contributed by atoms with Crippen molar-refractivity contribution in [3.05, 3.63) is 0 Å². The third kappa shape index (κ3) is 92.1. The average molecular weight is 162 g/mol. The predicted molar refractivity (Wildman–Crippen MR) is 27.7 cm³/mol. The van der Waals surface area contributed by atoms with Crippen LogP contribution >= 0.6 is 0 Å². The van der Waals surface area contributed by atoms with Crippen LogP contribution in [0, 0.1) is 0 Å². The van der Waals surface area contributed by atoms with E-state index >= 15 is 0 Å². The van der Waals surface area contributed by atoms with Crippen molar-refractivity contribution in [3.8, 4) is 0 Å². The number of ether oxygens (including phenoxy) is 1. The van der Waals surface area contributed by atoms with Gasteiger partial charge in [-0.15, -0.1) is 0 Å². The molecule has 60 valence electrons. The first-order chi connectivity index (χ1) is 4.50. The van der Waals surface area contributed by atoms with E-state index in [0.29, 0.717) is 6.61 Å². The van der Waals surface area contributed by atoms with Gasteiger partial charge in [0.15, 0.2) is 0 Å². The first-order valence-electron chi connectivity index (χ1n) is 2.52. The summed E-state index contributed by atoms with van der Waals surface area (Å²) < 4.78 is 4.40. The molecule has 0 bridgehead atoms. The quantitative estimate of drug-likeness (QED) is 0.282. The van der Waals surface area contributed by atoms with Crippen LogP contribution in [0.25, 0.3) is 0 Å². The van der Waals surface area contributed by atoms with Crippen LogP contribution in [0.2, 0.25) is 0 Å². The van der Waals surface area contributed by atoms with Crippen molar-refractivity contribution in [2.24, 2.45) is 0 Å². The van der Waals surface area contributed by atoms with Crippen LogP contribution in [0.5, 0.6) is 0 Å². The third-order valence-electron chi connectivity index (χ3n) is 0.348. The fraction of sp³-hybridized carbons (Fsp3) is 0.600. The summed E-state index contributed by atoms with van der Waals surface area (Å²) in [6.45, 7) is 3.65. The Bertz CT molecular complexity index is 112. The van der Waals surface area contributed by atoms with Crippen molar-refractivity contribution in [2.45, 2.75) is 13.8 Å². The Labute approximate surface area is 94.8 Å². The number of carbonyl (C=O) groups excluding carboxylic acids is 2. The van der Waals surface area contributed by atoms with Gasteiger partial charge >= 0.3 is 43.7 Å². The maximum atomic E-state index is 9.82. The Morgan fingerprint density at radius 3 is 1.50 bits per heavy atom. The minimum Gasteiger partial charge on any atom is -0.652 e. The predicted octanol–water partition coefficient (Wildman–Crippen LogP) is -7.87. The summed E-state index contributed by atoms with van der Waals surface area (Å²) in [5.74, 6) is -0.211. The van der Waals surface area contributed by atoms with E-state index in [0.717, 1.165) is 0 Å². The van der Waals surface area contributed by atoms with E-state index in [2.05, 4.69) is 4.74 Å². The number of carboxylic acid groups (broad SMARTS) is 2. The zero-order valence-electron chi connectivity index (χ0n) is 7.75. The van der Waals surface area contributed by atoms with Crippen molar-refractivity contribution in [2.75, 3.05) is 6.61 Å². The van der Waals surface area contributed by atoms with E-state index in [1.807, 2.05) is 0 Å². The van der Waals surface area contributed by atoms with Crippen LogP contribution < -0.4 is 47.9 Å². The van der Waals surface area contributed by atoms with E-state index in [1.54, 1.807) is 6.92 Å². The molecule has 0 N–H and O–H groups in total. The molecule has 7 heteroatoms. The topological polar surface area (TPSA) is 89.5 Å². The molecule has 0 saturated carbocycles. The summed E-state index contributed by atoms with van der Waals surface area (Å²) >= 11 is 0.